The lowest BCUT2D eigenvalue weighted by atomic mass is 10.3. The minimum atomic E-state index is -1.64. The highest BCUT2D eigenvalue weighted by Gasteiger charge is 1.95. The zero-order valence-corrected chi connectivity index (χ0v) is 6.33. The molecule has 11 heavy (non-hydrogen) atoms. The van der Waals surface area contributed by atoms with E-state index in [0.717, 1.165) is 12.1 Å². The molecule has 0 atom stereocenters. The number of halogens is 2. The Morgan fingerprint density at radius 1 is 1.36 bits per heavy atom. The van der Waals surface area contributed by atoms with Crippen LogP contribution in [0.3, 0.4) is 0 Å². The zero-order valence-electron chi connectivity index (χ0n) is 5.51. The first-order chi connectivity index (χ1) is 5.11. The number of benzene rings is 1. The van der Waals surface area contributed by atoms with Crippen LogP contribution in [0.25, 0.3) is 0 Å². The standard InChI is InChI=1S/C7H5F2OS/c1-11(10)7-3-2-5(8)4-6(7)9/h2-4H,1H2/q-1. The van der Waals surface area contributed by atoms with Crippen LogP contribution in [-0.2, 0) is 14.6 Å². The van der Waals surface area contributed by atoms with E-state index in [2.05, 4.69) is 5.87 Å². The SMILES string of the molecule is C=[S-](=O)c1ccc(F)cc1F. The summed E-state index contributed by atoms with van der Waals surface area (Å²) in [6.45, 7) is 0. The van der Waals surface area contributed by atoms with Gasteiger partial charge in [-0.2, -0.15) is 5.87 Å². The molecule has 0 radical (unpaired) electrons. The maximum Gasteiger partial charge on any atom is 0.126 e. The van der Waals surface area contributed by atoms with Crippen molar-refractivity contribution in [3.63, 3.8) is 0 Å². The van der Waals surface area contributed by atoms with Crippen molar-refractivity contribution >= 4 is 16.3 Å². The quantitative estimate of drug-likeness (QED) is 0.469. The molecule has 0 aliphatic carbocycles. The molecular weight excluding hydrogens is 170 g/mol. The Labute approximate surface area is 64.7 Å². The summed E-state index contributed by atoms with van der Waals surface area (Å²) in [5.41, 5.74) is 0. The van der Waals surface area contributed by atoms with Crippen LogP contribution in [0, 0.1) is 11.6 Å². The molecule has 0 unspecified atom stereocenters. The summed E-state index contributed by atoms with van der Waals surface area (Å²) in [5.74, 6) is 1.60. The first kappa shape index (κ1) is 8.20. The van der Waals surface area contributed by atoms with Crippen LogP contribution in [0.2, 0.25) is 0 Å². The van der Waals surface area contributed by atoms with E-state index in [4.69, 9.17) is 0 Å². The van der Waals surface area contributed by atoms with Crippen LogP contribution in [0.1, 0.15) is 0 Å². The number of rotatable bonds is 1. The van der Waals surface area contributed by atoms with Crippen LogP contribution in [0.5, 0.6) is 0 Å². The average molecular weight is 175 g/mol. The highest BCUT2D eigenvalue weighted by Crippen LogP contribution is 2.09. The van der Waals surface area contributed by atoms with Gasteiger partial charge in [0.25, 0.3) is 0 Å². The fourth-order valence-electron chi connectivity index (χ4n) is 0.660. The van der Waals surface area contributed by atoms with Gasteiger partial charge in [0.05, 0.1) is 0 Å². The van der Waals surface area contributed by atoms with E-state index in [1.807, 2.05) is 0 Å². The van der Waals surface area contributed by atoms with Gasteiger partial charge in [-0.1, -0.05) is 11.0 Å². The Balaban J connectivity index is 3.31. The second-order valence-corrected chi connectivity index (χ2v) is 3.05. The third-order valence-electron chi connectivity index (χ3n) is 1.14. The van der Waals surface area contributed by atoms with Crippen molar-refractivity contribution in [2.24, 2.45) is 0 Å². The summed E-state index contributed by atoms with van der Waals surface area (Å²) in [6.07, 6.45) is 0. The lowest BCUT2D eigenvalue weighted by molar-refractivity contribution is 0.558. The monoisotopic (exact) mass is 175 g/mol. The van der Waals surface area contributed by atoms with Crippen molar-refractivity contribution in [2.45, 2.75) is 4.90 Å². The fraction of sp³-hybridized carbons (Fsp3) is 0. The molecule has 0 saturated carbocycles. The van der Waals surface area contributed by atoms with Gasteiger partial charge in [-0.25, -0.2) is 19.2 Å². The molecule has 0 aliphatic heterocycles. The highest BCUT2D eigenvalue weighted by molar-refractivity contribution is 7.82. The Bertz CT molecular complexity index is 336. The van der Waals surface area contributed by atoms with Crippen LogP contribution in [-0.4, -0.2) is 5.87 Å². The lowest BCUT2D eigenvalue weighted by Crippen LogP contribution is -1.87. The second kappa shape index (κ2) is 3.00. The van der Waals surface area contributed by atoms with Gasteiger partial charge in [-0.05, 0) is 6.07 Å². The Kier molecular flexibility index (Phi) is 2.24. The van der Waals surface area contributed by atoms with Gasteiger partial charge in [0.2, 0.25) is 0 Å². The second-order valence-electron chi connectivity index (χ2n) is 1.92. The molecule has 1 nitrogen and oxygen atoms in total. The van der Waals surface area contributed by atoms with Gasteiger partial charge in [0.1, 0.15) is 11.6 Å². The third-order valence-corrected chi connectivity index (χ3v) is 1.96. The molecule has 0 fully saturated rings. The summed E-state index contributed by atoms with van der Waals surface area (Å²) in [6, 6.07) is 2.84. The zero-order chi connectivity index (χ0) is 8.43. The molecule has 0 N–H and O–H groups in total. The molecule has 1 rings (SSSR count). The minimum Gasteiger partial charge on any atom is -0.457 e. The lowest BCUT2D eigenvalue weighted by Gasteiger charge is -2.03. The van der Waals surface area contributed by atoms with E-state index in [1.165, 1.54) is 0 Å². The Morgan fingerprint density at radius 2 is 2.00 bits per heavy atom. The first-order valence-electron chi connectivity index (χ1n) is 2.78. The molecule has 0 aliphatic rings. The van der Waals surface area contributed by atoms with E-state index >= 15 is 0 Å². The van der Waals surface area contributed by atoms with Crippen LogP contribution in [0.4, 0.5) is 8.78 Å². The Morgan fingerprint density at radius 3 is 2.45 bits per heavy atom. The number of hydrogen-bond donors (Lipinski definition) is 0. The van der Waals surface area contributed by atoms with Gasteiger partial charge in [0.15, 0.2) is 0 Å². The van der Waals surface area contributed by atoms with Crippen LogP contribution < -0.4 is 0 Å². The van der Waals surface area contributed by atoms with E-state index in [1.54, 1.807) is 0 Å². The van der Waals surface area contributed by atoms with Crippen molar-refractivity contribution in [3.05, 3.63) is 29.8 Å². The van der Waals surface area contributed by atoms with Crippen molar-refractivity contribution in [2.75, 3.05) is 0 Å². The molecular formula is C7H5F2OS-. The van der Waals surface area contributed by atoms with Gasteiger partial charge in [-0.15, -0.1) is 0 Å². The molecule has 1 aromatic carbocycles. The van der Waals surface area contributed by atoms with Gasteiger partial charge in [-0.3, -0.25) is 0 Å². The predicted molar refractivity (Wildman–Crippen MR) is 39.8 cm³/mol. The van der Waals surface area contributed by atoms with E-state index in [9.17, 15) is 13.0 Å². The smallest absolute Gasteiger partial charge is 0.126 e. The van der Waals surface area contributed by atoms with E-state index in [-0.39, 0.29) is 4.90 Å². The molecule has 0 saturated heterocycles. The summed E-state index contributed by atoms with van der Waals surface area (Å²) in [5, 5.41) is 0. The largest absolute Gasteiger partial charge is 0.457 e. The maximum atomic E-state index is 12.6. The summed E-state index contributed by atoms with van der Waals surface area (Å²) in [7, 11) is -1.64. The molecule has 0 aromatic heterocycles. The summed E-state index contributed by atoms with van der Waals surface area (Å²) in [4.78, 5) is -0.0774. The van der Waals surface area contributed by atoms with Gasteiger partial charge >= 0.3 is 0 Å². The maximum absolute atomic E-state index is 12.6. The first-order valence-corrected chi connectivity index (χ1v) is 4.09. The third kappa shape index (κ3) is 1.77. The predicted octanol–water partition coefficient (Wildman–Crippen LogP) is 1.72. The van der Waals surface area contributed by atoms with Crippen molar-refractivity contribution in [3.8, 4) is 0 Å². The summed E-state index contributed by atoms with van der Waals surface area (Å²) < 4.78 is 35.5. The molecule has 4 heteroatoms. The topological polar surface area (TPSA) is 17.1 Å². The average Bonchev–Trinajstić information content (AvgIpc) is 1.85. The minimum absolute atomic E-state index is 0.0774. The normalized spacial score (nSPS) is 10.5. The van der Waals surface area contributed by atoms with Gasteiger partial charge in [0, 0.05) is 6.07 Å². The molecule has 60 valence electrons. The van der Waals surface area contributed by atoms with E-state index < -0.39 is 22.0 Å². The fourth-order valence-corrected chi connectivity index (χ4v) is 1.16. The van der Waals surface area contributed by atoms with Crippen LogP contribution >= 0.6 is 0 Å². The summed E-state index contributed by atoms with van der Waals surface area (Å²) >= 11 is 0. The van der Waals surface area contributed by atoms with E-state index in [0.29, 0.717) is 6.07 Å². The van der Waals surface area contributed by atoms with Crippen molar-refractivity contribution in [1.82, 2.24) is 0 Å². The number of hydrogen-bond acceptors (Lipinski definition) is 2. The van der Waals surface area contributed by atoms with Crippen LogP contribution in [0.15, 0.2) is 23.1 Å². The molecule has 0 bridgehead atoms. The Hall–Kier alpha value is -0.900. The van der Waals surface area contributed by atoms with Gasteiger partial charge < -0.3 is 4.21 Å². The molecule has 0 heterocycles. The van der Waals surface area contributed by atoms with Crippen molar-refractivity contribution < 1.29 is 13.0 Å². The van der Waals surface area contributed by atoms with Crippen molar-refractivity contribution in [1.29, 1.82) is 0 Å². The highest BCUT2D eigenvalue weighted by atomic mass is 32.2. The molecule has 0 amide bonds. The molecule has 1 aromatic rings. The molecule has 0 spiro atoms.